The molecule has 0 amide bonds. The predicted octanol–water partition coefficient (Wildman–Crippen LogP) is 3.16. The Balaban J connectivity index is 2.27. The molecule has 2 nitrogen and oxygen atoms in total. The molecule has 82 valence electrons. The smallest absolute Gasteiger partial charge is 0.312 e. The van der Waals surface area contributed by atoms with Gasteiger partial charge in [0.25, 0.3) is 0 Å². The fraction of sp³-hybridized carbons (Fsp3) is 0.917. The van der Waals surface area contributed by atoms with Crippen LogP contribution in [0.2, 0.25) is 0 Å². The lowest BCUT2D eigenvalue weighted by molar-refractivity contribution is -0.173. The Morgan fingerprint density at radius 3 is 2.50 bits per heavy atom. The second-order valence-corrected chi connectivity index (χ2v) is 4.28. The zero-order valence-electron chi connectivity index (χ0n) is 9.42. The number of rotatable bonds is 7. The summed E-state index contributed by atoms with van der Waals surface area (Å²) >= 11 is 0. The summed E-state index contributed by atoms with van der Waals surface area (Å²) in [7, 11) is 0. The molecule has 0 radical (unpaired) electrons. The van der Waals surface area contributed by atoms with Crippen LogP contribution >= 0.6 is 0 Å². The molecule has 14 heavy (non-hydrogen) atoms. The first-order valence-electron chi connectivity index (χ1n) is 5.96. The highest BCUT2D eigenvalue weighted by atomic mass is 16.6. The summed E-state index contributed by atoms with van der Waals surface area (Å²) in [6.07, 6.45) is 7.40. The molecule has 0 N–H and O–H groups in total. The Labute approximate surface area is 87.0 Å². The van der Waals surface area contributed by atoms with Crippen LogP contribution in [0.15, 0.2) is 0 Å². The van der Waals surface area contributed by atoms with Gasteiger partial charge in [0.1, 0.15) is 6.61 Å². The highest BCUT2D eigenvalue weighted by Crippen LogP contribution is 2.30. The quantitative estimate of drug-likeness (QED) is 0.464. The number of esters is 1. The monoisotopic (exact) mass is 198 g/mol. The fourth-order valence-corrected chi connectivity index (χ4v) is 2.15. The third-order valence-corrected chi connectivity index (χ3v) is 3.11. The third-order valence-electron chi connectivity index (χ3n) is 3.11. The molecule has 0 aromatic heterocycles. The van der Waals surface area contributed by atoms with Gasteiger partial charge >= 0.3 is 5.97 Å². The van der Waals surface area contributed by atoms with E-state index in [0.29, 0.717) is 12.5 Å². The highest BCUT2D eigenvalue weighted by molar-refractivity contribution is 5.77. The number of cyclic esters (lactones) is 1. The highest BCUT2D eigenvalue weighted by Gasteiger charge is 2.36. The number of ether oxygens (including phenoxy) is 1. The first-order chi connectivity index (χ1) is 6.79. The fourth-order valence-electron chi connectivity index (χ4n) is 2.15. The molecule has 0 aliphatic carbocycles. The summed E-state index contributed by atoms with van der Waals surface area (Å²) in [4.78, 5) is 11.2. The van der Waals surface area contributed by atoms with Crippen LogP contribution in [0.1, 0.15) is 52.4 Å². The molecule has 1 fully saturated rings. The molecule has 2 unspecified atom stereocenters. The standard InChI is InChI=1S/C12H22O2/c1-3-5-6-8-10(7-4-2)11-9-14-12(11)13/h10-11H,3-9H2,1-2H3. The van der Waals surface area contributed by atoms with Gasteiger partial charge in [-0.15, -0.1) is 0 Å². The van der Waals surface area contributed by atoms with Crippen molar-refractivity contribution >= 4 is 5.97 Å². The van der Waals surface area contributed by atoms with E-state index in [-0.39, 0.29) is 11.9 Å². The number of unbranched alkanes of at least 4 members (excludes halogenated alkanes) is 2. The lowest BCUT2D eigenvalue weighted by Crippen LogP contribution is -2.40. The summed E-state index contributed by atoms with van der Waals surface area (Å²) in [5, 5.41) is 0. The SMILES string of the molecule is CCCCCC(CCC)C1COC1=O. The number of carbonyl (C=O) groups excluding carboxylic acids is 1. The summed E-state index contributed by atoms with van der Waals surface area (Å²) in [6, 6.07) is 0. The molecule has 1 saturated heterocycles. The Bertz CT molecular complexity index is 177. The summed E-state index contributed by atoms with van der Waals surface area (Å²) in [6.45, 7) is 5.08. The molecule has 0 aromatic carbocycles. The van der Waals surface area contributed by atoms with Crippen molar-refractivity contribution in [1.82, 2.24) is 0 Å². The zero-order valence-corrected chi connectivity index (χ0v) is 9.42. The average Bonchev–Trinajstić information content (AvgIpc) is 2.16. The van der Waals surface area contributed by atoms with Crippen molar-refractivity contribution in [3.05, 3.63) is 0 Å². The topological polar surface area (TPSA) is 26.3 Å². The second kappa shape index (κ2) is 6.05. The van der Waals surface area contributed by atoms with Gasteiger partial charge in [-0.05, 0) is 18.8 Å². The van der Waals surface area contributed by atoms with Gasteiger partial charge in [0.15, 0.2) is 0 Å². The van der Waals surface area contributed by atoms with Crippen LogP contribution in [0.5, 0.6) is 0 Å². The Hall–Kier alpha value is -0.530. The molecular formula is C12H22O2. The molecule has 0 aromatic rings. The van der Waals surface area contributed by atoms with E-state index in [9.17, 15) is 4.79 Å². The van der Waals surface area contributed by atoms with E-state index >= 15 is 0 Å². The number of hydrogen-bond donors (Lipinski definition) is 0. The minimum absolute atomic E-state index is 0.0416. The first-order valence-corrected chi connectivity index (χ1v) is 5.96. The number of hydrogen-bond acceptors (Lipinski definition) is 2. The second-order valence-electron chi connectivity index (χ2n) is 4.28. The van der Waals surface area contributed by atoms with E-state index in [1.165, 1.54) is 38.5 Å². The van der Waals surface area contributed by atoms with E-state index < -0.39 is 0 Å². The van der Waals surface area contributed by atoms with Gasteiger partial charge in [-0.2, -0.15) is 0 Å². The van der Waals surface area contributed by atoms with Gasteiger partial charge in [0.2, 0.25) is 0 Å². The van der Waals surface area contributed by atoms with E-state index in [4.69, 9.17) is 4.74 Å². The van der Waals surface area contributed by atoms with Gasteiger partial charge in [0, 0.05) is 0 Å². The maximum atomic E-state index is 11.2. The van der Waals surface area contributed by atoms with Crippen molar-refractivity contribution in [2.75, 3.05) is 6.61 Å². The molecule has 1 rings (SSSR count). The van der Waals surface area contributed by atoms with Crippen molar-refractivity contribution in [3.8, 4) is 0 Å². The van der Waals surface area contributed by atoms with Gasteiger partial charge in [-0.25, -0.2) is 0 Å². The normalized spacial score (nSPS) is 22.7. The van der Waals surface area contributed by atoms with Crippen molar-refractivity contribution in [1.29, 1.82) is 0 Å². The summed E-state index contributed by atoms with van der Waals surface area (Å²) < 4.78 is 4.84. The minimum atomic E-state index is 0.0416. The van der Waals surface area contributed by atoms with Crippen LogP contribution in [0.3, 0.4) is 0 Å². The largest absolute Gasteiger partial charge is 0.464 e. The molecule has 1 aliphatic heterocycles. The lowest BCUT2D eigenvalue weighted by atomic mass is 9.83. The molecule has 1 heterocycles. The van der Waals surface area contributed by atoms with E-state index in [1.807, 2.05) is 0 Å². The van der Waals surface area contributed by atoms with Gasteiger partial charge in [-0.1, -0.05) is 39.5 Å². The van der Waals surface area contributed by atoms with Crippen molar-refractivity contribution in [3.63, 3.8) is 0 Å². The Morgan fingerprint density at radius 1 is 1.29 bits per heavy atom. The van der Waals surface area contributed by atoms with Crippen LogP contribution in [0, 0.1) is 11.8 Å². The van der Waals surface area contributed by atoms with Gasteiger partial charge in [-0.3, -0.25) is 4.79 Å². The van der Waals surface area contributed by atoms with Crippen molar-refractivity contribution in [2.24, 2.45) is 11.8 Å². The maximum Gasteiger partial charge on any atom is 0.312 e. The van der Waals surface area contributed by atoms with Gasteiger partial charge in [0.05, 0.1) is 5.92 Å². The van der Waals surface area contributed by atoms with Crippen LogP contribution in [0.4, 0.5) is 0 Å². The maximum absolute atomic E-state index is 11.2. The molecule has 0 bridgehead atoms. The van der Waals surface area contributed by atoms with Crippen molar-refractivity contribution < 1.29 is 9.53 Å². The lowest BCUT2D eigenvalue weighted by Gasteiger charge is -2.32. The Kier molecular flexibility index (Phi) is 4.99. The molecule has 2 heteroatoms. The molecular weight excluding hydrogens is 176 g/mol. The van der Waals surface area contributed by atoms with E-state index in [1.54, 1.807) is 0 Å². The minimum Gasteiger partial charge on any atom is -0.464 e. The average molecular weight is 198 g/mol. The summed E-state index contributed by atoms with van der Waals surface area (Å²) in [5.41, 5.74) is 0. The molecule has 1 aliphatic rings. The van der Waals surface area contributed by atoms with E-state index in [0.717, 1.165) is 0 Å². The van der Waals surface area contributed by atoms with Crippen LogP contribution in [-0.4, -0.2) is 12.6 Å². The predicted molar refractivity (Wildman–Crippen MR) is 57.0 cm³/mol. The Morgan fingerprint density at radius 2 is 2.07 bits per heavy atom. The van der Waals surface area contributed by atoms with Gasteiger partial charge < -0.3 is 4.74 Å². The molecule has 0 saturated carbocycles. The van der Waals surface area contributed by atoms with Crippen LogP contribution in [0.25, 0.3) is 0 Å². The third kappa shape index (κ3) is 3.00. The van der Waals surface area contributed by atoms with Crippen LogP contribution < -0.4 is 0 Å². The molecule has 2 atom stereocenters. The number of carbonyl (C=O) groups is 1. The summed E-state index contributed by atoms with van der Waals surface area (Å²) in [5.74, 6) is 0.861. The van der Waals surface area contributed by atoms with Crippen LogP contribution in [-0.2, 0) is 9.53 Å². The molecule has 0 spiro atoms. The zero-order chi connectivity index (χ0) is 10.4. The first kappa shape index (κ1) is 11.5. The van der Waals surface area contributed by atoms with E-state index in [2.05, 4.69) is 13.8 Å². The van der Waals surface area contributed by atoms with Crippen molar-refractivity contribution in [2.45, 2.75) is 52.4 Å².